The molecule has 154 valence electrons. The molecular formula is C23H22N2O3S2. The molecule has 2 amide bonds. The van der Waals surface area contributed by atoms with Crippen LogP contribution in [0.25, 0.3) is 6.08 Å². The molecule has 1 fully saturated rings. The highest BCUT2D eigenvalue weighted by atomic mass is 32.2. The average molecular weight is 439 g/mol. The summed E-state index contributed by atoms with van der Waals surface area (Å²) in [5.41, 5.74) is 3.78. The van der Waals surface area contributed by atoms with Gasteiger partial charge >= 0.3 is 0 Å². The molecule has 1 N–H and O–H groups in total. The number of hydrogen-bond acceptors (Lipinski definition) is 5. The molecule has 0 radical (unpaired) electrons. The van der Waals surface area contributed by atoms with Gasteiger partial charge in [0.2, 0.25) is 0 Å². The zero-order valence-corrected chi connectivity index (χ0v) is 18.4. The van der Waals surface area contributed by atoms with Crippen LogP contribution in [0.1, 0.15) is 16.7 Å². The Hall–Kier alpha value is -2.90. The van der Waals surface area contributed by atoms with Gasteiger partial charge in [-0.25, -0.2) is 0 Å². The summed E-state index contributed by atoms with van der Waals surface area (Å²) in [5, 5.41) is 2.84. The van der Waals surface area contributed by atoms with Gasteiger partial charge in [0.1, 0.15) is 10.1 Å². The lowest BCUT2D eigenvalue weighted by atomic mass is 10.1. The second-order valence-electron chi connectivity index (χ2n) is 6.86. The summed E-state index contributed by atoms with van der Waals surface area (Å²) < 4.78 is 6.10. The van der Waals surface area contributed by atoms with Crippen LogP contribution in [0.15, 0.2) is 60.0 Å². The van der Waals surface area contributed by atoms with Crippen molar-refractivity contribution < 1.29 is 14.3 Å². The van der Waals surface area contributed by atoms with Crippen LogP contribution < -0.4 is 10.1 Å². The number of thiocarbonyl (C=S) groups is 1. The SMILES string of the molecule is C=CCN1C(=O)/C(=C/c2ccc(OCC(=O)Nc3cc(C)cc(C)c3)cc2)SC1=S. The summed E-state index contributed by atoms with van der Waals surface area (Å²) in [6.45, 7) is 7.93. The molecule has 30 heavy (non-hydrogen) atoms. The number of anilines is 1. The monoisotopic (exact) mass is 438 g/mol. The number of benzene rings is 2. The van der Waals surface area contributed by atoms with Gasteiger partial charge in [0, 0.05) is 12.2 Å². The molecular weight excluding hydrogens is 416 g/mol. The molecule has 0 atom stereocenters. The van der Waals surface area contributed by atoms with Crippen LogP contribution in [-0.4, -0.2) is 34.2 Å². The maximum Gasteiger partial charge on any atom is 0.266 e. The van der Waals surface area contributed by atoms with E-state index in [4.69, 9.17) is 17.0 Å². The van der Waals surface area contributed by atoms with Gasteiger partial charge in [-0.05, 0) is 60.9 Å². The van der Waals surface area contributed by atoms with Crippen molar-refractivity contribution >= 4 is 51.9 Å². The molecule has 0 aromatic heterocycles. The van der Waals surface area contributed by atoms with Crippen molar-refractivity contribution in [2.75, 3.05) is 18.5 Å². The first-order chi connectivity index (χ1) is 14.4. The Morgan fingerprint density at radius 2 is 1.87 bits per heavy atom. The number of carbonyl (C=O) groups excluding carboxylic acids is 2. The minimum Gasteiger partial charge on any atom is -0.484 e. The molecule has 0 saturated carbocycles. The van der Waals surface area contributed by atoms with Gasteiger partial charge in [0.15, 0.2) is 6.61 Å². The lowest BCUT2D eigenvalue weighted by Gasteiger charge is -2.10. The van der Waals surface area contributed by atoms with E-state index in [0.29, 0.717) is 21.5 Å². The highest BCUT2D eigenvalue weighted by Crippen LogP contribution is 2.32. The van der Waals surface area contributed by atoms with Crippen LogP contribution in [0.3, 0.4) is 0 Å². The third-order valence-corrected chi connectivity index (χ3v) is 5.62. The van der Waals surface area contributed by atoms with Gasteiger partial charge in [-0.2, -0.15) is 0 Å². The number of aryl methyl sites for hydroxylation is 2. The van der Waals surface area contributed by atoms with Gasteiger partial charge in [-0.3, -0.25) is 14.5 Å². The molecule has 2 aromatic carbocycles. The fraction of sp³-hybridized carbons (Fsp3) is 0.174. The van der Waals surface area contributed by atoms with E-state index in [1.54, 1.807) is 24.3 Å². The first kappa shape index (κ1) is 21.8. The Balaban J connectivity index is 1.57. The quantitative estimate of drug-likeness (QED) is 0.385. The predicted octanol–water partition coefficient (Wildman–Crippen LogP) is 4.71. The number of nitrogens with zero attached hydrogens (tertiary/aromatic N) is 1. The normalized spacial score (nSPS) is 14.9. The summed E-state index contributed by atoms with van der Waals surface area (Å²) in [4.78, 5) is 26.6. The Kier molecular flexibility index (Phi) is 7.07. The zero-order chi connectivity index (χ0) is 21.7. The van der Waals surface area contributed by atoms with E-state index < -0.39 is 0 Å². The van der Waals surface area contributed by atoms with E-state index >= 15 is 0 Å². The molecule has 0 spiro atoms. The lowest BCUT2D eigenvalue weighted by Crippen LogP contribution is -2.27. The van der Waals surface area contributed by atoms with Crippen molar-refractivity contribution in [2.45, 2.75) is 13.8 Å². The van der Waals surface area contributed by atoms with Gasteiger partial charge in [-0.1, -0.05) is 48.3 Å². The van der Waals surface area contributed by atoms with Gasteiger partial charge in [-0.15, -0.1) is 6.58 Å². The lowest BCUT2D eigenvalue weighted by molar-refractivity contribution is -0.121. The highest BCUT2D eigenvalue weighted by Gasteiger charge is 2.30. The van der Waals surface area contributed by atoms with Crippen molar-refractivity contribution in [1.29, 1.82) is 0 Å². The first-order valence-electron chi connectivity index (χ1n) is 9.33. The number of amides is 2. The average Bonchev–Trinajstić information content (AvgIpc) is 2.94. The maximum absolute atomic E-state index is 12.4. The Labute approximate surface area is 185 Å². The van der Waals surface area contributed by atoms with Crippen LogP contribution >= 0.6 is 24.0 Å². The number of nitrogens with one attached hydrogen (secondary N) is 1. The number of rotatable bonds is 7. The summed E-state index contributed by atoms with van der Waals surface area (Å²) in [6, 6.07) is 13.1. The van der Waals surface area contributed by atoms with Crippen molar-refractivity contribution in [3.63, 3.8) is 0 Å². The van der Waals surface area contributed by atoms with Crippen molar-refractivity contribution in [3.8, 4) is 5.75 Å². The number of thioether (sulfide) groups is 1. The topological polar surface area (TPSA) is 58.6 Å². The molecule has 2 aromatic rings. The van der Waals surface area contributed by atoms with Crippen LogP contribution in [0, 0.1) is 13.8 Å². The summed E-state index contributed by atoms with van der Waals surface area (Å²) in [6.07, 6.45) is 3.44. The maximum atomic E-state index is 12.4. The van der Waals surface area contributed by atoms with E-state index in [-0.39, 0.29) is 18.4 Å². The third-order valence-electron chi connectivity index (χ3n) is 4.24. The van der Waals surface area contributed by atoms with Crippen LogP contribution in [-0.2, 0) is 9.59 Å². The van der Waals surface area contributed by atoms with Crippen molar-refractivity contribution in [1.82, 2.24) is 4.90 Å². The van der Waals surface area contributed by atoms with E-state index in [1.807, 2.05) is 44.2 Å². The third kappa shape index (κ3) is 5.58. The Bertz CT molecular complexity index is 1010. The first-order valence-corrected chi connectivity index (χ1v) is 10.6. The molecule has 3 rings (SSSR count). The minimum absolute atomic E-state index is 0.0907. The number of carbonyl (C=O) groups is 2. The second kappa shape index (κ2) is 9.73. The predicted molar refractivity (Wildman–Crippen MR) is 127 cm³/mol. The van der Waals surface area contributed by atoms with Gasteiger partial charge < -0.3 is 10.1 Å². The van der Waals surface area contributed by atoms with E-state index in [9.17, 15) is 9.59 Å². The molecule has 1 aliphatic heterocycles. The smallest absolute Gasteiger partial charge is 0.266 e. The number of ether oxygens (including phenoxy) is 1. The number of hydrogen-bond donors (Lipinski definition) is 1. The highest BCUT2D eigenvalue weighted by molar-refractivity contribution is 8.26. The van der Waals surface area contributed by atoms with Gasteiger partial charge in [0.05, 0.1) is 4.91 Å². The van der Waals surface area contributed by atoms with Crippen LogP contribution in [0.4, 0.5) is 5.69 Å². The minimum atomic E-state index is -0.227. The molecule has 0 bridgehead atoms. The van der Waals surface area contributed by atoms with E-state index in [0.717, 1.165) is 22.4 Å². The fourth-order valence-electron chi connectivity index (χ4n) is 2.99. The Morgan fingerprint density at radius 1 is 1.20 bits per heavy atom. The molecule has 0 aliphatic carbocycles. The molecule has 1 heterocycles. The van der Waals surface area contributed by atoms with E-state index in [1.165, 1.54) is 16.7 Å². The van der Waals surface area contributed by atoms with Crippen molar-refractivity contribution in [2.24, 2.45) is 0 Å². The van der Waals surface area contributed by atoms with Gasteiger partial charge in [0.25, 0.3) is 11.8 Å². The van der Waals surface area contributed by atoms with Crippen molar-refractivity contribution in [3.05, 3.63) is 76.7 Å². The standard InChI is InChI=1S/C23H22N2O3S2/c1-4-9-25-22(27)20(30-23(25)29)13-17-5-7-19(8-6-17)28-14-21(26)24-18-11-15(2)10-16(3)12-18/h4-8,10-13H,1,9,14H2,2-3H3,(H,24,26)/b20-13-. The molecule has 5 nitrogen and oxygen atoms in total. The molecule has 1 aliphatic rings. The molecule has 7 heteroatoms. The molecule has 0 unspecified atom stereocenters. The van der Waals surface area contributed by atoms with Crippen LogP contribution in [0.2, 0.25) is 0 Å². The van der Waals surface area contributed by atoms with Crippen LogP contribution in [0.5, 0.6) is 5.75 Å². The zero-order valence-electron chi connectivity index (χ0n) is 16.8. The summed E-state index contributed by atoms with van der Waals surface area (Å²) in [5.74, 6) is 0.227. The molecule has 1 saturated heterocycles. The summed E-state index contributed by atoms with van der Waals surface area (Å²) >= 11 is 6.51. The fourth-order valence-corrected chi connectivity index (χ4v) is 4.27. The largest absolute Gasteiger partial charge is 0.484 e. The van der Waals surface area contributed by atoms with E-state index in [2.05, 4.69) is 11.9 Å². The second-order valence-corrected chi connectivity index (χ2v) is 8.54. The Morgan fingerprint density at radius 3 is 2.50 bits per heavy atom. The summed E-state index contributed by atoms with van der Waals surface area (Å²) in [7, 11) is 0.